The fourth-order valence-electron chi connectivity index (χ4n) is 6.98. The molecule has 0 aromatic heterocycles. The fraction of sp³-hybridized carbons (Fsp3) is 0.333. The number of nitro groups is 3. The largest absolute Gasteiger partial charge is 0.508 e. The second-order valence-electron chi connectivity index (χ2n) is 14.5. The third kappa shape index (κ3) is 12.1. The van der Waals surface area contributed by atoms with Crippen LogP contribution in [0, 0.1) is 30.3 Å². The second kappa shape index (κ2) is 21.5. The van der Waals surface area contributed by atoms with Crippen molar-refractivity contribution in [2.24, 2.45) is 0 Å². The average Bonchev–Trinajstić information content (AvgIpc) is 3.75. The van der Waals surface area contributed by atoms with Crippen molar-refractivity contribution in [3.63, 3.8) is 0 Å². The first-order valence-electron chi connectivity index (χ1n) is 19.7. The summed E-state index contributed by atoms with van der Waals surface area (Å²) in [5.74, 6) is 0.797. The van der Waals surface area contributed by atoms with Gasteiger partial charge in [-0.15, -0.1) is 0 Å². The number of benzene rings is 4. The molecule has 2 heterocycles. The Morgan fingerprint density at radius 3 is 1.84 bits per heavy atom. The van der Waals surface area contributed by atoms with E-state index in [1.807, 2.05) is 24.3 Å². The number of likely N-dealkylation sites (tertiary alicyclic amines) is 1. The number of thioether (sulfide) groups is 1. The summed E-state index contributed by atoms with van der Waals surface area (Å²) in [4.78, 5) is 90.6. The number of nitrogens with zero attached hydrogens (tertiary/aromatic N) is 6. The Morgan fingerprint density at radius 1 is 0.656 bits per heavy atom. The van der Waals surface area contributed by atoms with Gasteiger partial charge in [-0.3, -0.25) is 44.9 Å². The lowest BCUT2D eigenvalue weighted by Crippen LogP contribution is -2.60. The van der Waals surface area contributed by atoms with Gasteiger partial charge in [-0.1, -0.05) is 24.3 Å². The molecule has 0 aliphatic carbocycles. The van der Waals surface area contributed by atoms with Gasteiger partial charge in [0.1, 0.15) is 38.2 Å². The van der Waals surface area contributed by atoms with E-state index in [9.17, 15) is 49.5 Å². The molecule has 6 rings (SSSR count). The summed E-state index contributed by atoms with van der Waals surface area (Å²) in [6, 6.07) is 22.0. The van der Waals surface area contributed by atoms with Crippen molar-refractivity contribution in [3.05, 3.63) is 150 Å². The summed E-state index contributed by atoms with van der Waals surface area (Å²) in [5.41, 5.74) is 1.52. The highest BCUT2D eigenvalue weighted by atomic mass is 32.2. The van der Waals surface area contributed by atoms with E-state index in [2.05, 4.69) is 0 Å². The van der Waals surface area contributed by atoms with Crippen LogP contribution in [0.3, 0.4) is 0 Å². The standard InChI is InChI=1S/C42H42N6O15S/c1-59-35-16-10-30(11-17-35)27-64-36-20-38(45(22-36)41(51)60-23-28-6-12-32(13-7-28)46(53)54)39(49)43-18-19-44(40(50)61-25-31-4-2-3-5-37(31)48(57)58)34(21-43)26-63-42(52)62-24-29-8-14-33(15-9-29)47(55)56/h2-17,34,36,38H,18-27H2,1H3/t34?,36-,38-/m0/s1. The van der Waals surface area contributed by atoms with E-state index < -0.39 is 64.3 Å². The quantitative estimate of drug-likeness (QED) is 0.0494. The summed E-state index contributed by atoms with van der Waals surface area (Å²) in [6.07, 6.45) is -2.56. The normalized spacial score (nSPS) is 17.0. The highest BCUT2D eigenvalue weighted by Gasteiger charge is 2.44. The first-order chi connectivity index (χ1) is 30.8. The van der Waals surface area contributed by atoms with Gasteiger partial charge in [-0.05, 0) is 65.6 Å². The third-order valence-electron chi connectivity index (χ3n) is 10.4. The zero-order chi connectivity index (χ0) is 45.8. The molecule has 22 heteroatoms. The summed E-state index contributed by atoms with van der Waals surface area (Å²) < 4.78 is 27.0. The lowest BCUT2D eigenvalue weighted by Gasteiger charge is -2.41. The molecule has 0 saturated carbocycles. The number of carbonyl (C=O) groups is 4. The summed E-state index contributed by atoms with van der Waals surface area (Å²) in [5, 5.41) is 33.5. The molecule has 2 saturated heterocycles. The Bertz CT molecular complexity index is 2330. The van der Waals surface area contributed by atoms with Crippen molar-refractivity contribution in [3.8, 4) is 5.75 Å². The van der Waals surface area contributed by atoms with E-state index in [0.717, 1.165) is 5.56 Å². The minimum absolute atomic E-state index is 0.0215. The highest BCUT2D eigenvalue weighted by Crippen LogP contribution is 2.33. The van der Waals surface area contributed by atoms with Gasteiger partial charge in [0.05, 0.1) is 33.5 Å². The monoisotopic (exact) mass is 902 g/mol. The van der Waals surface area contributed by atoms with E-state index in [1.54, 1.807) is 24.9 Å². The number of hydrogen-bond donors (Lipinski definition) is 0. The molecule has 336 valence electrons. The smallest absolute Gasteiger partial charge is 0.497 e. The van der Waals surface area contributed by atoms with Gasteiger partial charge < -0.3 is 28.6 Å². The van der Waals surface area contributed by atoms with Crippen LogP contribution in [0.1, 0.15) is 28.7 Å². The number of piperazine rings is 1. The van der Waals surface area contributed by atoms with Crippen molar-refractivity contribution in [2.75, 3.05) is 39.9 Å². The molecule has 0 spiro atoms. The molecule has 0 N–H and O–H groups in total. The average molecular weight is 903 g/mol. The molecule has 3 atom stereocenters. The Labute approximate surface area is 369 Å². The number of non-ortho nitro benzene ring substituents is 2. The van der Waals surface area contributed by atoms with E-state index >= 15 is 0 Å². The van der Waals surface area contributed by atoms with Crippen molar-refractivity contribution >= 4 is 53.1 Å². The third-order valence-corrected chi connectivity index (χ3v) is 11.7. The van der Waals surface area contributed by atoms with Crippen LogP contribution < -0.4 is 4.74 Å². The molecule has 2 aliphatic heterocycles. The van der Waals surface area contributed by atoms with Gasteiger partial charge in [-0.2, -0.15) is 11.8 Å². The molecule has 4 aromatic rings. The summed E-state index contributed by atoms with van der Waals surface area (Å²) >= 11 is 1.55. The van der Waals surface area contributed by atoms with Crippen LogP contribution in [0.4, 0.5) is 31.4 Å². The van der Waals surface area contributed by atoms with Crippen LogP contribution >= 0.6 is 11.8 Å². The molecule has 2 aliphatic rings. The minimum atomic E-state index is -1.13. The molecule has 21 nitrogen and oxygen atoms in total. The molecule has 3 amide bonds. The van der Waals surface area contributed by atoms with Gasteiger partial charge in [0.25, 0.3) is 17.1 Å². The van der Waals surface area contributed by atoms with E-state index in [-0.39, 0.29) is 73.7 Å². The summed E-state index contributed by atoms with van der Waals surface area (Å²) in [6.45, 7) is -1.59. The van der Waals surface area contributed by atoms with E-state index in [1.165, 1.54) is 81.4 Å². The van der Waals surface area contributed by atoms with Gasteiger partial charge in [0, 0.05) is 67.5 Å². The van der Waals surface area contributed by atoms with Crippen LogP contribution in [-0.2, 0) is 49.3 Å². The van der Waals surface area contributed by atoms with Crippen molar-refractivity contribution in [1.82, 2.24) is 14.7 Å². The maximum absolute atomic E-state index is 14.5. The number of hydrogen-bond acceptors (Lipinski definition) is 16. The molecule has 1 unspecified atom stereocenters. The van der Waals surface area contributed by atoms with Gasteiger partial charge in [0.15, 0.2) is 0 Å². The SMILES string of the molecule is COc1ccc(CS[C@H]2C[C@@H](C(=O)N3CCN(C(=O)OCc4ccccc4[N+](=O)[O-])C(COC(=O)OCc4ccc([N+](=O)[O-])cc4)C3)N(C(=O)OCc3ccc([N+](=O)[O-])cc3)C2)cc1. The van der Waals surface area contributed by atoms with Crippen LogP contribution in [0.25, 0.3) is 0 Å². The molecule has 0 radical (unpaired) electrons. The Morgan fingerprint density at radius 2 is 1.23 bits per heavy atom. The molecule has 2 fully saturated rings. The van der Waals surface area contributed by atoms with Crippen molar-refractivity contribution in [2.45, 2.75) is 49.3 Å². The van der Waals surface area contributed by atoms with Crippen LogP contribution in [-0.4, -0.2) is 111 Å². The van der Waals surface area contributed by atoms with Gasteiger partial charge in [0.2, 0.25) is 5.91 Å². The Balaban J connectivity index is 1.16. The Kier molecular flexibility index (Phi) is 15.5. The predicted octanol–water partition coefficient (Wildman–Crippen LogP) is 6.64. The lowest BCUT2D eigenvalue weighted by molar-refractivity contribution is -0.385. The Hall–Kier alpha value is -7.49. The number of ether oxygens (including phenoxy) is 5. The fourth-order valence-corrected chi connectivity index (χ4v) is 8.18. The van der Waals surface area contributed by atoms with Crippen molar-refractivity contribution < 1.29 is 57.6 Å². The van der Waals surface area contributed by atoms with Crippen molar-refractivity contribution in [1.29, 1.82) is 0 Å². The number of para-hydroxylation sites is 1. The summed E-state index contributed by atoms with van der Waals surface area (Å²) in [7, 11) is 1.57. The highest BCUT2D eigenvalue weighted by molar-refractivity contribution is 7.99. The number of carbonyl (C=O) groups excluding carboxylic acids is 4. The van der Waals surface area contributed by atoms with Crippen LogP contribution in [0.2, 0.25) is 0 Å². The zero-order valence-corrected chi connectivity index (χ0v) is 35.1. The molecule has 64 heavy (non-hydrogen) atoms. The maximum atomic E-state index is 14.5. The molecular formula is C42H42N6O15S. The van der Waals surface area contributed by atoms with Gasteiger partial charge in [-0.25, -0.2) is 14.4 Å². The van der Waals surface area contributed by atoms with Gasteiger partial charge >= 0.3 is 18.3 Å². The number of rotatable bonds is 16. The van der Waals surface area contributed by atoms with E-state index in [4.69, 9.17) is 23.7 Å². The maximum Gasteiger partial charge on any atom is 0.508 e. The van der Waals surface area contributed by atoms with Crippen LogP contribution in [0.5, 0.6) is 5.75 Å². The number of methoxy groups -OCH3 is 1. The lowest BCUT2D eigenvalue weighted by atomic mass is 10.1. The molecular weight excluding hydrogens is 861 g/mol. The number of amides is 3. The topological polar surface area (TPSA) is 254 Å². The molecule has 0 bridgehead atoms. The van der Waals surface area contributed by atoms with E-state index in [0.29, 0.717) is 22.6 Å². The minimum Gasteiger partial charge on any atom is -0.497 e. The second-order valence-corrected chi connectivity index (χ2v) is 15.8. The predicted molar refractivity (Wildman–Crippen MR) is 226 cm³/mol. The first-order valence-corrected chi connectivity index (χ1v) is 20.7. The molecule has 4 aromatic carbocycles. The van der Waals surface area contributed by atoms with Crippen LogP contribution in [0.15, 0.2) is 97.1 Å². The zero-order valence-electron chi connectivity index (χ0n) is 34.3. The first kappa shape index (κ1) is 46.0. The number of nitro benzene ring substituents is 3.